The summed E-state index contributed by atoms with van der Waals surface area (Å²) in [6.45, 7) is 8.23. The molecule has 0 radical (unpaired) electrons. The first-order valence-electron chi connectivity index (χ1n) is 6.33. The molecule has 1 aliphatic rings. The van der Waals surface area contributed by atoms with Crippen molar-refractivity contribution in [3.63, 3.8) is 0 Å². The molecule has 2 heteroatoms. The Hall–Kier alpha value is -1.02. The van der Waals surface area contributed by atoms with Crippen molar-refractivity contribution in [2.24, 2.45) is 5.92 Å². The van der Waals surface area contributed by atoms with E-state index in [0.29, 0.717) is 6.04 Å². The third kappa shape index (κ3) is 2.76. The molecule has 0 saturated carbocycles. The van der Waals surface area contributed by atoms with Crippen molar-refractivity contribution in [2.75, 3.05) is 25.0 Å². The van der Waals surface area contributed by atoms with Gasteiger partial charge in [0.05, 0.1) is 0 Å². The van der Waals surface area contributed by atoms with Crippen LogP contribution in [0.15, 0.2) is 30.3 Å². The van der Waals surface area contributed by atoms with Crippen LogP contribution in [0, 0.1) is 5.92 Å². The maximum atomic E-state index is 3.65. The molecule has 1 heterocycles. The Morgan fingerprint density at radius 1 is 1.31 bits per heavy atom. The predicted molar refractivity (Wildman–Crippen MR) is 69.7 cm³/mol. The van der Waals surface area contributed by atoms with Gasteiger partial charge in [-0.05, 0) is 31.0 Å². The van der Waals surface area contributed by atoms with Crippen molar-refractivity contribution in [1.82, 2.24) is 4.90 Å². The van der Waals surface area contributed by atoms with E-state index in [9.17, 15) is 0 Å². The minimum absolute atomic E-state index is 0.630. The van der Waals surface area contributed by atoms with Crippen LogP contribution >= 0.6 is 0 Å². The fourth-order valence-corrected chi connectivity index (χ4v) is 2.48. The van der Waals surface area contributed by atoms with E-state index in [0.717, 1.165) is 5.92 Å². The van der Waals surface area contributed by atoms with E-state index in [1.54, 1.807) is 0 Å². The Balaban J connectivity index is 1.92. The van der Waals surface area contributed by atoms with Crippen molar-refractivity contribution in [3.05, 3.63) is 30.3 Å². The van der Waals surface area contributed by atoms with Gasteiger partial charge in [-0.3, -0.25) is 0 Å². The zero-order chi connectivity index (χ0) is 11.4. The largest absolute Gasteiger partial charge is 0.382 e. The lowest BCUT2D eigenvalue weighted by Gasteiger charge is -2.37. The molecule has 1 aromatic carbocycles. The Kier molecular flexibility index (Phi) is 3.83. The highest BCUT2D eigenvalue weighted by molar-refractivity contribution is 5.43. The third-order valence-corrected chi connectivity index (χ3v) is 3.56. The molecule has 2 atom stereocenters. The Labute approximate surface area is 98.7 Å². The summed E-state index contributed by atoms with van der Waals surface area (Å²) < 4.78 is 0. The zero-order valence-electron chi connectivity index (χ0n) is 10.3. The van der Waals surface area contributed by atoms with Gasteiger partial charge in [-0.1, -0.05) is 32.0 Å². The Morgan fingerprint density at radius 3 is 2.69 bits per heavy atom. The summed E-state index contributed by atoms with van der Waals surface area (Å²) in [6, 6.07) is 11.2. The topological polar surface area (TPSA) is 15.3 Å². The molecule has 0 spiro atoms. The summed E-state index contributed by atoms with van der Waals surface area (Å²) in [5.74, 6) is 0.730. The highest BCUT2D eigenvalue weighted by atomic mass is 15.1. The van der Waals surface area contributed by atoms with Gasteiger partial charge in [-0.2, -0.15) is 0 Å². The fourth-order valence-electron chi connectivity index (χ4n) is 2.48. The lowest BCUT2D eigenvalue weighted by Crippen LogP contribution is -2.44. The quantitative estimate of drug-likeness (QED) is 0.839. The maximum Gasteiger partial charge on any atom is 0.0342 e. The predicted octanol–water partition coefficient (Wildman–Crippen LogP) is 2.83. The van der Waals surface area contributed by atoms with Gasteiger partial charge in [0.2, 0.25) is 0 Å². The summed E-state index contributed by atoms with van der Waals surface area (Å²) in [6.07, 6.45) is 1.25. The highest BCUT2D eigenvalue weighted by Gasteiger charge is 2.24. The van der Waals surface area contributed by atoms with Crippen LogP contribution in [0.1, 0.15) is 20.3 Å². The molecular weight excluding hydrogens is 196 g/mol. The molecule has 1 aliphatic heterocycles. The van der Waals surface area contributed by atoms with Crippen molar-refractivity contribution >= 4 is 5.69 Å². The zero-order valence-corrected chi connectivity index (χ0v) is 10.3. The molecule has 1 N–H and O–H groups in total. The average Bonchev–Trinajstić information content (AvgIpc) is 2.33. The number of nitrogens with zero attached hydrogens (tertiary/aromatic N) is 1. The minimum Gasteiger partial charge on any atom is -0.382 e. The molecule has 88 valence electrons. The van der Waals surface area contributed by atoms with Gasteiger partial charge in [-0.25, -0.2) is 0 Å². The first kappa shape index (κ1) is 11.5. The first-order chi connectivity index (χ1) is 7.79. The summed E-state index contributed by atoms with van der Waals surface area (Å²) in [5.41, 5.74) is 1.25. The number of anilines is 1. The summed E-state index contributed by atoms with van der Waals surface area (Å²) in [4.78, 5) is 2.54. The Bertz CT molecular complexity index is 310. The van der Waals surface area contributed by atoms with Gasteiger partial charge in [0.25, 0.3) is 0 Å². The average molecular weight is 218 g/mol. The molecule has 2 nitrogen and oxygen atoms in total. The second-order valence-corrected chi connectivity index (χ2v) is 4.78. The normalized spacial score (nSPS) is 26.6. The van der Waals surface area contributed by atoms with Crippen LogP contribution in [0.25, 0.3) is 0 Å². The lowest BCUT2D eigenvalue weighted by atomic mass is 9.93. The number of benzene rings is 1. The fraction of sp³-hybridized carbons (Fsp3) is 0.571. The van der Waals surface area contributed by atoms with E-state index in [2.05, 4.69) is 54.4 Å². The molecule has 0 aliphatic carbocycles. The van der Waals surface area contributed by atoms with E-state index in [-0.39, 0.29) is 0 Å². The van der Waals surface area contributed by atoms with Crippen LogP contribution in [0.2, 0.25) is 0 Å². The number of para-hydroxylation sites is 1. The van der Waals surface area contributed by atoms with Gasteiger partial charge in [0.15, 0.2) is 0 Å². The van der Waals surface area contributed by atoms with Crippen LogP contribution in [0.5, 0.6) is 0 Å². The molecule has 2 rings (SSSR count). The number of piperidine rings is 1. The molecule has 0 amide bonds. The number of rotatable bonds is 3. The summed E-state index contributed by atoms with van der Waals surface area (Å²) in [5, 5.41) is 3.65. The summed E-state index contributed by atoms with van der Waals surface area (Å²) in [7, 11) is 0. The SMILES string of the molecule is CCN1CCC(Nc2ccccc2)C(C)C1. The van der Waals surface area contributed by atoms with Crippen LogP contribution in [0.3, 0.4) is 0 Å². The van der Waals surface area contributed by atoms with Crippen LogP contribution in [-0.2, 0) is 0 Å². The number of hydrogen-bond acceptors (Lipinski definition) is 2. The van der Waals surface area contributed by atoms with Crippen molar-refractivity contribution in [2.45, 2.75) is 26.3 Å². The van der Waals surface area contributed by atoms with E-state index >= 15 is 0 Å². The summed E-state index contributed by atoms with van der Waals surface area (Å²) >= 11 is 0. The van der Waals surface area contributed by atoms with Crippen molar-refractivity contribution in [3.8, 4) is 0 Å². The van der Waals surface area contributed by atoms with Crippen LogP contribution in [-0.4, -0.2) is 30.6 Å². The lowest BCUT2D eigenvalue weighted by molar-refractivity contribution is 0.179. The molecule has 1 fully saturated rings. The molecule has 0 aromatic heterocycles. The van der Waals surface area contributed by atoms with Gasteiger partial charge >= 0.3 is 0 Å². The van der Waals surface area contributed by atoms with Crippen molar-refractivity contribution in [1.29, 1.82) is 0 Å². The van der Waals surface area contributed by atoms with E-state index in [4.69, 9.17) is 0 Å². The molecule has 2 unspecified atom stereocenters. The standard InChI is InChI=1S/C14H22N2/c1-3-16-10-9-14(12(2)11-16)15-13-7-5-4-6-8-13/h4-8,12,14-15H,3,9-11H2,1-2H3. The van der Waals surface area contributed by atoms with E-state index in [1.807, 2.05) is 0 Å². The smallest absolute Gasteiger partial charge is 0.0342 e. The third-order valence-electron chi connectivity index (χ3n) is 3.56. The maximum absolute atomic E-state index is 3.65. The second-order valence-electron chi connectivity index (χ2n) is 4.78. The molecule has 16 heavy (non-hydrogen) atoms. The number of hydrogen-bond donors (Lipinski definition) is 1. The molecule has 1 saturated heterocycles. The number of nitrogens with one attached hydrogen (secondary N) is 1. The number of likely N-dealkylation sites (tertiary alicyclic amines) is 1. The molecule has 1 aromatic rings. The van der Waals surface area contributed by atoms with E-state index < -0.39 is 0 Å². The first-order valence-corrected chi connectivity index (χ1v) is 6.33. The van der Waals surface area contributed by atoms with Gasteiger partial charge in [0, 0.05) is 24.8 Å². The Morgan fingerprint density at radius 2 is 2.06 bits per heavy atom. The highest BCUT2D eigenvalue weighted by Crippen LogP contribution is 2.20. The molecular formula is C14H22N2. The van der Waals surface area contributed by atoms with Crippen LogP contribution < -0.4 is 5.32 Å². The second kappa shape index (κ2) is 5.35. The van der Waals surface area contributed by atoms with Gasteiger partial charge < -0.3 is 10.2 Å². The van der Waals surface area contributed by atoms with Gasteiger partial charge in [0.1, 0.15) is 0 Å². The minimum atomic E-state index is 0.630. The monoisotopic (exact) mass is 218 g/mol. The van der Waals surface area contributed by atoms with Crippen molar-refractivity contribution < 1.29 is 0 Å². The molecule has 0 bridgehead atoms. The van der Waals surface area contributed by atoms with E-state index in [1.165, 1.54) is 31.7 Å². The van der Waals surface area contributed by atoms with Crippen LogP contribution in [0.4, 0.5) is 5.69 Å². The van der Waals surface area contributed by atoms with Gasteiger partial charge in [-0.15, -0.1) is 0 Å².